The Bertz CT molecular complexity index is 316. The number of aryl methyl sites for hydroxylation is 1. The molecule has 0 aliphatic carbocycles. The molecule has 0 radical (unpaired) electrons. The highest BCUT2D eigenvalue weighted by atomic mass is 35.5. The minimum absolute atomic E-state index is 0.436. The largest absolute Gasteiger partial charge is 0.244 e. The van der Waals surface area contributed by atoms with Crippen LogP contribution in [0.3, 0.4) is 0 Å². The van der Waals surface area contributed by atoms with Gasteiger partial charge in [-0.3, -0.25) is 0 Å². The Kier molecular flexibility index (Phi) is 2.42. The van der Waals surface area contributed by atoms with Gasteiger partial charge in [0, 0.05) is 17.8 Å². The third-order valence-electron chi connectivity index (χ3n) is 1.33. The van der Waals surface area contributed by atoms with E-state index in [0.717, 1.165) is 11.1 Å². The Morgan fingerprint density at radius 1 is 1.73 bits per heavy atom. The molecule has 0 N–H and O–H groups in total. The van der Waals surface area contributed by atoms with Crippen LogP contribution in [0.5, 0.6) is 0 Å². The SMILES string of the molecule is Cc1cc(Cl)ncc1C=C=O. The zero-order chi connectivity index (χ0) is 8.27. The van der Waals surface area contributed by atoms with Gasteiger partial charge in [-0.2, -0.15) is 0 Å². The van der Waals surface area contributed by atoms with Gasteiger partial charge in [0.25, 0.3) is 0 Å². The first-order valence-corrected chi connectivity index (χ1v) is 3.45. The van der Waals surface area contributed by atoms with Gasteiger partial charge < -0.3 is 0 Å². The summed E-state index contributed by atoms with van der Waals surface area (Å²) in [6.07, 6.45) is 2.88. The van der Waals surface area contributed by atoms with E-state index in [9.17, 15) is 4.79 Å². The number of aromatic nitrogens is 1. The van der Waals surface area contributed by atoms with Crippen molar-refractivity contribution in [1.29, 1.82) is 0 Å². The molecule has 2 nitrogen and oxygen atoms in total. The van der Waals surface area contributed by atoms with Crippen molar-refractivity contribution >= 4 is 23.6 Å². The highest BCUT2D eigenvalue weighted by molar-refractivity contribution is 6.29. The van der Waals surface area contributed by atoms with Crippen LogP contribution in [0.1, 0.15) is 11.1 Å². The van der Waals surface area contributed by atoms with Gasteiger partial charge in [0.1, 0.15) is 11.1 Å². The number of hydrogen-bond acceptors (Lipinski definition) is 2. The molecule has 0 unspecified atom stereocenters. The normalized spacial score (nSPS) is 8.91. The smallest absolute Gasteiger partial charge is 0.129 e. The third kappa shape index (κ3) is 1.90. The summed E-state index contributed by atoms with van der Waals surface area (Å²) in [6.45, 7) is 1.86. The molecule has 1 heterocycles. The van der Waals surface area contributed by atoms with Crippen LogP contribution < -0.4 is 0 Å². The van der Waals surface area contributed by atoms with Crippen molar-refractivity contribution in [3.8, 4) is 0 Å². The van der Waals surface area contributed by atoms with Crippen LogP contribution in [-0.2, 0) is 4.79 Å². The molecule has 3 heteroatoms. The molecular weight excluding hydrogens is 162 g/mol. The molecule has 0 fully saturated rings. The minimum Gasteiger partial charge on any atom is -0.244 e. The van der Waals surface area contributed by atoms with Gasteiger partial charge >= 0.3 is 0 Å². The molecule has 0 amide bonds. The molecule has 0 spiro atoms. The molecule has 1 rings (SSSR count). The summed E-state index contributed by atoms with van der Waals surface area (Å²) in [4.78, 5) is 13.8. The monoisotopic (exact) mass is 167 g/mol. The maximum Gasteiger partial charge on any atom is 0.129 e. The Morgan fingerprint density at radius 3 is 3.00 bits per heavy atom. The maximum absolute atomic E-state index is 9.97. The zero-order valence-corrected chi connectivity index (χ0v) is 6.72. The van der Waals surface area contributed by atoms with Gasteiger partial charge in [0.2, 0.25) is 0 Å². The molecular formula is C8H6ClNO. The van der Waals surface area contributed by atoms with Crippen molar-refractivity contribution in [3.63, 3.8) is 0 Å². The van der Waals surface area contributed by atoms with E-state index >= 15 is 0 Å². The lowest BCUT2D eigenvalue weighted by atomic mass is 10.2. The number of nitrogens with zero attached hydrogens (tertiary/aromatic N) is 1. The predicted molar refractivity (Wildman–Crippen MR) is 44.1 cm³/mol. The number of halogens is 1. The van der Waals surface area contributed by atoms with Gasteiger partial charge in [0.15, 0.2) is 0 Å². The van der Waals surface area contributed by atoms with E-state index in [1.54, 1.807) is 18.2 Å². The van der Waals surface area contributed by atoms with Gasteiger partial charge in [-0.1, -0.05) is 11.6 Å². The van der Waals surface area contributed by atoms with E-state index in [1.165, 1.54) is 6.08 Å². The fourth-order valence-electron chi connectivity index (χ4n) is 0.747. The van der Waals surface area contributed by atoms with Crippen molar-refractivity contribution in [2.75, 3.05) is 0 Å². The van der Waals surface area contributed by atoms with Crippen LogP contribution in [-0.4, -0.2) is 10.9 Å². The van der Waals surface area contributed by atoms with E-state index in [0.29, 0.717) is 5.15 Å². The summed E-state index contributed by atoms with van der Waals surface area (Å²) >= 11 is 5.59. The second-order valence-electron chi connectivity index (χ2n) is 2.13. The van der Waals surface area contributed by atoms with Crippen LogP contribution in [0.4, 0.5) is 0 Å². The first-order chi connectivity index (χ1) is 5.24. The molecule has 0 aromatic carbocycles. The van der Waals surface area contributed by atoms with Crippen LogP contribution >= 0.6 is 11.6 Å². The lowest BCUT2D eigenvalue weighted by Gasteiger charge is -1.96. The third-order valence-corrected chi connectivity index (χ3v) is 1.54. The van der Waals surface area contributed by atoms with Gasteiger partial charge in [0.05, 0.1) is 0 Å². The van der Waals surface area contributed by atoms with Crippen molar-refractivity contribution in [1.82, 2.24) is 4.98 Å². The molecule has 11 heavy (non-hydrogen) atoms. The molecule has 0 saturated heterocycles. The highest BCUT2D eigenvalue weighted by Crippen LogP contribution is 2.11. The number of pyridine rings is 1. The van der Waals surface area contributed by atoms with Crippen molar-refractivity contribution < 1.29 is 4.79 Å². The van der Waals surface area contributed by atoms with Crippen molar-refractivity contribution in [3.05, 3.63) is 28.5 Å². The zero-order valence-electron chi connectivity index (χ0n) is 5.97. The molecule has 0 saturated carbocycles. The average Bonchev–Trinajstić information content (AvgIpc) is 1.95. The molecule has 0 aliphatic heterocycles. The van der Waals surface area contributed by atoms with E-state index in [2.05, 4.69) is 4.98 Å². The predicted octanol–water partition coefficient (Wildman–Crippen LogP) is 1.89. The van der Waals surface area contributed by atoms with Gasteiger partial charge in [-0.05, 0) is 18.6 Å². The molecule has 0 bridgehead atoms. The number of hydrogen-bond donors (Lipinski definition) is 0. The lowest BCUT2D eigenvalue weighted by molar-refractivity contribution is 0.570. The van der Waals surface area contributed by atoms with Crippen LogP contribution in [0.25, 0.3) is 6.08 Å². The summed E-state index contributed by atoms with van der Waals surface area (Å²) in [5, 5.41) is 0.436. The number of rotatable bonds is 1. The Morgan fingerprint density at radius 2 is 2.45 bits per heavy atom. The van der Waals surface area contributed by atoms with E-state index < -0.39 is 0 Å². The van der Waals surface area contributed by atoms with Crippen LogP contribution in [0.2, 0.25) is 5.15 Å². The first-order valence-electron chi connectivity index (χ1n) is 3.07. The topological polar surface area (TPSA) is 30.0 Å². The molecule has 0 aliphatic rings. The Balaban J connectivity index is 3.19. The standard InChI is InChI=1S/C8H6ClNO/c1-6-4-8(9)10-5-7(6)2-3-11/h2,4-5H,1H3. The van der Waals surface area contributed by atoms with Gasteiger partial charge in [-0.25, -0.2) is 9.78 Å². The minimum atomic E-state index is 0.436. The van der Waals surface area contributed by atoms with Gasteiger partial charge in [-0.15, -0.1) is 0 Å². The summed E-state index contributed by atoms with van der Waals surface area (Å²) in [7, 11) is 0. The lowest BCUT2D eigenvalue weighted by Crippen LogP contribution is -1.83. The van der Waals surface area contributed by atoms with E-state index in [-0.39, 0.29) is 0 Å². The molecule has 1 aromatic rings. The van der Waals surface area contributed by atoms with E-state index in [4.69, 9.17) is 11.6 Å². The number of carbonyl (C=O) groups excluding carboxylic acids is 1. The first kappa shape index (κ1) is 7.99. The molecule has 1 aromatic heterocycles. The Labute approximate surface area is 69.5 Å². The summed E-state index contributed by atoms with van der Waals surface area (Å²) in [5.41, 5.74) is 1.68. The molecule has 56 valence electrons. The fourth-order valence-corrected chi connectivity index (χ4v) is 0.959. The van der Waals surface area contributed by atoms with Crippen molar-refractivity contribution in [2.24, 2.45) is 0 Å². The van der Waals surface area contributed by atoms with Crippen LogP contribution in [0.15, 0.2) is 12.3 Å². The summed E-state index contributed by atoms with van der Waals surface area (Å²) in [5.74, 6) is 1.69. The van der Waals surface area contributed by atoms with E-state index in [1.807, 2.05) is 6.92 Å². The second kappa shape index (κ2) is 3.33. The quantitative estimate of drug-likeness (QED) is 0.472. The summed E-state index contributed by atoms with van der Waals surface area (Å²) in [6, 6.07) is 1.70. The fraction of sp³-hybridized carbons (Fsp3) is 0.125. The second-order valence-corrected chi connectivity index (χ2v) is 2.51. The summed E-state index contributed by atoms with van der Waals surface area (Å²) < 4.78 is 0. The van der Waals surface area contributed by atoms with Crippen molar-refractivity contribution in [2.45, 2.75) is 6.92 Å². The highest BCUT2D eigenvalue weighted by Gasteiger charge is 1.95. The maximum atomic E-state index is 9.97. The average molecular weight is 168 g/mol. The molecule has 0 atom stereocenters. The van der Waals surface area contributed by atoms with Crippen LogP contribution in [0, 0.1) is 6.92 Å². The Hall–Kier alpha value is -1.11.